The van der Waals surface area contributed by atoms with Gasteiger partial charge in [0.2, 0.25) is 11.8 Å². The molecule has 0 saturated carbocycles. The molecule has 3 N–H and O–H groups in total. The van der Waals surface area contributed by atoms with Crippen LogP contribution in [-0.2, 0) is 15.0 Å². The molecule has 9 nitrogen and oxygen atoms in total. The van der Waals surface area contributed by atoms with E-state index in [0.29, 0.717) is 18.7 Å². The first-order valence-corrected chi connectivity index (χ1v) is 7.88. The molecule has 9 heteroatoms. The van der Waals surface area contributed by atoms with Crippen molar-refractivity contribution in [1.82, 2.24) is 20.3 Å². The van der Waals surface area contributed by atoms with Crippen molar-refractivity contribution in [2.75, 3.05) is 24.5 Å². The molecular weight excluding hydrogens is 324 g/mol. The molecule has 1 fully saturated rings. The molecule has 0 aliphatic carbocycles. The van der Waals surface area contributed by atoms with E-state index >= 15 is 0 Å². The molecular formula is C16H16N6O3. The van der Waals surface area contributed by atoms with E-state index in [4.69, 9.17) is 5.73 Å². The number of benzene rings is 1. The number of anilines is 1. The fourth-order valence-electron chi connectivity index (χ4n) is 3.75. The van der Waals surface area contributed by atoms with Gasteiger partial charge in [-0.2, -0.15) is 15.4 Å². The first kappa shape index (κ1) is 15.3. The smallest absolute Gasteiger partial charge is 0.276 e. The minimum absolute atomic E-state index is 0.172. The van der Waals surface area contributed by atoms with Crippen molar-refractivity contribution in [3.8, 4) is 0 Å². The van der Waals surface area contributed by atoms with Crippen molar-refractivity contribution < 1.29 is 14.4 Å². The summed E-state index contributed by atoms with van der Waals surface area (Å²) in [5, 5.41) is 9.87. The van der Waals surface area contributed by atoms with Gasteiger partial charge < -0.3 is 15.5 Å². The summed E-state index contributed by atoms with van der Waals surface area (Å²) in [4.78, 5) is 40.1. The summed E-state index contributed by atoms with van der Waals surface area (Å²) in [6.45, 7) is 0.495. The van der Waals surface area contributed by atoms with Crippen LogP contribution in [0, 0.1) is 0 Å². The van der Waals surface area contributed by atoms with Crippen molar-refractivity contribution in [3.63, 3.8) is 0 Å². The van der Waals surface area contributed by atoms with Crippen LogP contribution in [0.2, 0.25) is 0 Å². The second-order valence-electron chi connectivity index (χ2n) is 6.29. The number of amides is 3. The number of carbonyl (C=O) groups excluding carboxylic acids is 3. The Hall–Kier alpha value is -3.23. The lowest BCUT2D eigenvalue weighted by Crippen LogP contribution is -2.45. The maximum Gasteiger partial charge on any atom is 0.276 e. The van der Waals surface area contributed by atoms with E-state index in [0.717, 1.165) is 5.56 Å². The van der Waals surface area contributed by atoms with E-state index in [1.165, 1.54) is 11.1 Å². The Morgan fingerprint density at radius 1 is 1.32 bits per heavy atom. The van der Waals surface area contributed by atoms with Gasteiger partial charge >= 0.3 is 0 Å². The summed E-state index contributed by atoms with van der Waals surface area (Å²) in [6.07, 6.45) is 1.85. The zero-order valence-corrected chi connectivity index (χ0v) is 13.3. The van der Waals surface area contributed by atoms with E-state index in [-0.39, 0.29) is 30.6 Å². The lowest BCUT2D eigenvalue weighted by atomic mass is 9.81. The number of fused-ring (bicyclic) bond motifs is 2. The van der Waals surface area contributed by atoms with Crippen molar-refractivity contribution in [2.45, 2.75) is 11.8 Å². The number of H-pyrrole nitrogens is 1. The van der Waals surface area contributed by atoms with Crippen LogP contribution in [0.1, 0.15) is 22.5 Å². The number of hydrogen-bond donors (Lipinski definition) is 2. The molecule has 128 valence electrons. The highest BCUT2D eigenvalue weighted by Gasteiger charge is 2.55. The minimum atomic E-state index is -0.842. The standard InChI is InChI=1S/C16H16N6O3/c17-13(23)8-22-12-4-2-1-3-10(12)16(15(22)25)5-6-21(9-16)14(24)11-7-18-20-19-11/h1-4,7H,5-6,8-9H2,(H2,17,23)(H,18,19,20)/t16-/m0/s1. The molecule has 0 bridgehead atoms. The number of hydrogen-bond acceptors (Lipinski definition) is 5. The Labute approximate surface area is 142 Å². The summed E-state index contributed by atoms with van der Waals surface area (Å²) in [5.41, 5.74) is 6.19. The van der Waals surface area contributed by atoms with E-state index in [1.54, 1.807) is 11.0 Å². The molecule has 1 saturated heterocycles. The largest absolute Gasteiger partial charge is 0.368 e. The van der Waals surface area contributed by atoms with Crippen LogP contribution in [0.4, 0.5) is 5.69 Å². The minimum Gasteiger partial charge on any atom is -0.368 e. The summed E-state index contributed by atoms with van der Waals surface area (Å²) < 4.78 is 0. The molecule has 3 heterocycles. The highest BCUT2D eigenvalue weighted by molar-refractivity contribution is 6.11. The molecule has 1 atom stereocenters. The van der Waals surface area contributed by atoms with E-state index in [2.05, 4.69) is 15.4 Å². The predicted molar refractivity (Wildman–Crippen MR) is 86.6 cm³/mol. The zero-order chi connectivity index (χ0) is 17.6. The number of primary amides is 1. The van der Waals surface area contributed by atoms with Crippen LogP contribution < -0.4 is 10.6 Å². The van der Waals surface area contributed by atoms with Crippen molar-refractivity contribution >= 4 is 23.4 Å². The number of carbonyl (C=O) groups is 3. The Kier molecular flexibility index (Phi) is 3.31. The second kappa shape index (κ2) is 5.40. The van der Waals surface area contributed by atoms with Crippen molar-refractivity contribution in [1.29, 1.82) is 0 Å². The molecule has 1 spiro atoms. The maximum atomic E-state index is 13.1. The summed E-state index contributed by atoms with van der Waals surface area (Å²) in [7, 11) is 0. The lowest BCUT2D eigenvalue weighted by molar-refractivity contribution is -0.125. The van der Waals surface area contributed by atoms with Gasteiger partial charge in [-0.1, -0.05) is 18.2 Å². The zero-order valence-electron chi connectivity index (χ0n) is 13.3. The lowest BCUT2D eigenvalue weighted by Gasteiger charge is -2.23. The second-order valence-corrected chi connectivity index (χ2v) is 6.29. The monoisotopic (exact) mass is 340 g/mol. The third-order valence-electron chi connectivity index (χ3n) is 4.87. The molecule has 0 unspecified atom stereocenters. The molecule has 1 aromatic heterocycles. The Morgan fingerprint density at radius 2 is 2.12 bits per heavy atom. The molecule has 4 rings (SSSR count). The average Bonchev–Trinajstić information content (AvgIpc) is 3.32. The number of likely N-dealkylation sites (tertiary alicyclic amines) is 1. The van der Waals surface area contributed by atoms with E-state index in [9.17, 15) is 14.4 Å². The maximum absolute atomic E-state index is 13.1. The third-order valence-corrected chi connectivity index (χ3v) is 4.87. The first-order chi connectivity index (χ1) is 12.0. The van der Waals surface area contributed by atoms with Crippen LogP contribution in [-0.4, -0.2) is 57.7 Å². The molecule has 3 amide bonds. The highest BCUT2D eigenvalue weighted by atomic mass is 16.2. The van der Waals surface area contributed by atoms with Gasteiger partial charge in [0.1, 0.15) is 6.54 Å². The van der Waals surface area contributed by atoms with Gasteiger partial charge in [-0.15, -0.1) is 0 Å². The Balaban J connectivity index is 1.69. The van der Waals surface area contributed by atoms with Gasteiger partial charge in [-0.3, -0.25) is 14.4 Å². The normalized spacial score (nSPS) is 21.8. The van der Waals surface area contributed by atoms with E-state index < -0.39 is 11.3 Å². The van der Waals surface area contributed by atoms with Gasteiger partial charge in [0.15, 0.2) is 5.69 Å². The molecule has 2 aliphatic rings. The fourth-order valence-corrected chi connectivity index (χ4v) is 3.75. The molecule has 0 radical (unpaired) electrons. The number of nitrogens with zero attached hydrogens (tertiary/aromatic N) is 4. The Morgan fingerprint density at radius 3 is 2.84 bits per heavy atom. The summed E-state index contributed by atoms with van der Waals surface area (Å²) in [6, 6.07) is 7.33. The number of nitrogens with two attached hydrogens (primary N) is 1. The molecule has 25 heavy (non-hydrogen) atoms. The fraction of sp³-hybridized carbons (Fsp3) is 0.312. The van der Waals surface area contributed by atoms with Gasteiger partial charge in [0.25, 0.3) is 5.91 Å². The number of rotatable bonds is 3. The number of nitrogens with one attached hydrogen (secondary N) is 1. The summed E-state index contributed by atoms with van der Waals surface area (Å²) >= 11 is 0. The van der Waals surface area contributed by atoms with Gasteiger partial charge in [-0.05, 0) is 18.1 Å². The third kappa shape index (κ3) is 2.19. The molecule has 1 aromatic carbocycles. The van der Waals surface area contributed by atoms with Crippen LogP contribution in [0.15, 0.2) is 30.5 Å². The van der Waals surface area contributed by atoms with Crippen LogP contribution in [0.3, 0.4) is 0 Å². The van der Waals surface area contributed by atoms with Crippen molar-refractivity contribution in [3.05, 3.63) is 41.7 Å². The highest BCUT2D eigenvalue weighted by Crippen LogP contribution is 2.47. The van der Waals surface area contributed by atoms with Crippen LogP contribution in [0.25, 0.3) is 0 Å². The number of aromatic nitrogens is 3. The van der Waals surface area contributed by atoms with Gasteiger partial charge in [0, 0.05) is 18.8 Å². The average molecular weight is 340 g/mol. The van der Waals surface area contributed by atoms with Crippen molar-refractivity contribution in [2.24, 2.45) is 5.73 Å². The van der Waals surface area contributed by atoms with Crippen LogP contribution in [0.5, 0.6) is 0 Å². The first-order valence-electron chi connectivity index (χ1n) is 7.88. The SMILES string of the molecule is NC(=O)CN1C(=O)[C@]2(CCN(C(=O)c3cn[nH]n3)C2)c2ccccc21. The van der Waals surface area contributed by atoms with E-state index in [1.807, 2.05) is 18.2 Å². The molecule has 2 aliphatic heterocycles. The topological polar surface area (TPSA) is 125 Å². The quantitative estimate of drug-likeness (QED) is 0.773. The van der Waals surface area contributed by atoms with Gasteiger partial charge in [0.05, 0.1) is 11.6 Å². The number of para-hydroxylation sites is 1. The van der Waals surface area contributed by atoms with Crippen LogP contribution >= 0.6 is 0 Å². The number of aromatic amines is 1. The predicted octanol–water partition coefficient (Wildman–Crippen LogP) is -0.579. The molecule has 2 aromatic rings. The summed E-state index contributed by atoms with van der Waals surface area (Å²) in [5.74, 6) is -1.04. The Bertz CT molecular complexity index is 865. The van der Waals surface area contributed by atoms with Gasteiger partial charge in [-0.25, -0.2) is 0 Å².